The van der Waals surface area contributed by atoms with E-state index in [0.29, 0.717) is 6.01 Å². The second-order valence-corrected chi connectivity index (χ2v) is 4.79. The standard InChI is InChI=1S/C15H21N3O/c1-3-4-5-12-6-8-13(9-7-12)17-15-18-14(10-19-15)11(2)16/h6-11H,3-5,16H2,1-2H3,(H,17,18). The number of hydrogen-bond donors (Lipinski definition) is 2. The lowest BCUT2D eigenvalue weighted by Gasteiger charge is -2.04. The molecule has 1 unspecified atom stereocenters. The number of unbranched alkanes of at least 4 members (excludes halogenated alkanes) is 1. The maximum absolute atomic E-state index is 5.74. The van der Waals surface area contributed by atoms with Gasteiger partial charge in [-0.2, -0.15) is 4.98 Å². The van der Waals surface area contributed by atoms with Crippen molar-refractivity contribution >= 4 is 11.7 Å². The number of aromatic nitrogens is 1. The van der Waals surface area contributed by atoms with Crippen molar-refractivity contribution in [3.8, 4) is 0 Å². The lowest BCUT2D eigenvalue weighted by molar-refractivity contribution is 0.573. The predicted molar refractivity (Wildman–Crippen MR) is 77.4 cm³/mol. The summed E-state index contributed by atoms with van der Waals surface area (Å²) in [6, 6.07) is 8.71. The first-order valence-corrected chi connectivity index (χ1v) is 6.76. The van der Waals surface area contributed by atoms with Crippen molar-refractivity contribution in [3.63, 3.8) is 0 Å². The van der Waals surface area contributed by atoms with Crippen LogP contribution in [0, 0.1) is 0 Å². The molecule has 2 aromatic rings. The number of nitrogens with two attached hydrogens (primary N) is 1. The summed E-state index contributed by atoms with van der Waals surface area (Å²) in [6.07, 6.45) is 5.16. The molecule has 102 valence electrons. The Morgan fingerprint density at radius 1 is 1.32 bits per heavy atom. The summed E-state index contributed by atoms with van der Waals surface area (Å²) in [4.78, 5) is 4.27. The summed E-state index contributed by atoms with van der Waals surface area (Å²) >= 11 is 0. The fourth-order valence-electron chi connectivity index (χ4n) is 1.81. The third-order valence-corrected chi connectivity index (χ3v) is 3.01. The molecule has 1 heterocycles. The van der Waals surface area contributed by atoms with Gasteiger partial charge < -0.3 is 15.5 Å². The van der Waals surface area contributed by atoms with E-state index >= 15 is 0 Å². The van der Waals surface area contributed by atoms with Gasteiger partial charge in [0.15, 0.2) is 0 Å². The summed E-state index contributed by atoms with van der Waals surface area (Å²) < 4.78 is 5.32. The summed E-state index contributed by atoms with van der Waals surface area (Å²) in [5, 5.41) is 3.13. The van der Waals surface area contributed by atoms with Gasteiger partial charge >= 0.3 is 0 Å². The first kappa shape index (κ1) is 13.6. The third-order valence-electron chi connectivity index (χ3n) is 3.01. The molecule has 0 saturated heterocycles. The van der Waals surface area contributed by atoms with Crippen LogP contribution in [-0.4, -0.2) is 4.98 Å². The Labute approximate surface area is 114 Å². The number of hydrogen-bond acceptors (Lipinski definition) is 4. The molecule has 1 aromatic heterocycles. The van der Waals surface area contributed by atoms with Gasteiger partial charge in [0.1, 0.15) is 6.26 Å². The van der Waals surface area contributed by atoms with Gasteiger partial charge in [-0.25, -0.2) is 0 Å². The Morgan fingerprint density at radius 2 is 2.05 bits per heavy atom. The van der Waals surface area contributed by atoms with Crippen molar-refractivity contribution in [1.82, 2.24) is 4.98 Å². The molecular weight excluding hydrogens is 238 g/mol. The average Bonchev–Trinajstić information content (AvgIpc) is 2.87. The molecular formula is C15H21N3O. The van der Waals surface area contributed by atoms with Gasteiger partial charge in [-0.15, -0.1) is 0 Å². The monoisotopic (exact) mass is 259 g/mol. The molecule has 2 rings (SSSR count). The van der Waals surface area contributed by atoms with E-state index in [-0.39, 0.29) is 6.04 Å². The number of oxazole rings is 1. The topological polar surface area (TPSA) is 64.1 Å². The van der Waals surface area contributed by atoms with Crippen LogP contribution < -0.4 is 11.1 Å². The van der Waals surface area contributed by atoms with Crippen LogP contribution >= 0.6 is 0 Å². The van der Waals surface area contributed by atoms with E-state index in [1.807, 2.05) is 19.1 Å². The molecule has 1 aromatic carbocycles. The van der Waals surface area contributed by atoms with Crippen molar-refractivity contribution in [2.24, 2.45) is 5.73 Å². The smallest absolute Gasteiger partial charge is 0.299 e. The van der Waals surface area contributed by atoms with Crippen LogP contribution in [0.25, 0.3) is 0 Å². The van der Waals surface area contributed by atoms with Gasteiger partial charge in [0.2, 0.25) is 0 Å². The van der Waals surface area contributed by atoms with Gasteiger partial charge in [-0.3, -0.25) is 0 Å². The molecule has 0 aliphatic rings. The third kappa shape index (κ3) is 3.83. The van der Waals surface area contributed by atoms with Gasteiger partial charge in [-0.05, 0) is 37.5 Å². The van der Waals surface area contributed by atoms with E-state index in [2.05, 4.69) is 29.4 Å². The lowest BCUT2D eigenvalue weighted by atomic mass is 10.1. The van der Waals surface area contributed by atoms with Crippen molar-refractivity contribution in [2.45, 2.75) is 39.2 Å². The van der Waals surface area contributed by atoms with Crippen LogP contribution in [0.1, 0.15) is 44.0 Å². The SMILES string of the molecule is CCCCc1ccc(Nc2nc(C(C)N)co2)cc1. The Hall–Kier alpha value is -1.81. The molecule has 4 heteroatoms. The first-order valence-electron chi connectivity index (χ1n) is 6.76. The highest BCUT2D eigenvalue weighted by molar-refractivity contribution is 5.52. The highest BCUT2D eigenvalue weighted by atomic mass is 16.4. The normalized spacial score (nSPS) is 12.4. The van der Waals surface area contributed by atoms with Crippen LogP contribution in [0.2, 0.25) is 0 Å². The Balaban J connectivity index is 1.98. The first-order chi connectivity index (χ1) is 9.19. The molecule has 0 spiro atoms. The molecule has 4 nitrogen and oxygen atoms in total. The summed E-state index contributed by atoms with van der Waals surface area (Å²) in [7, 11) is 0. The molecule has 0 aliphatic carbocycles. The lowest BCUT2D eigenvalue weighted by Crippen LogP contribution is -2.05. The Bertz CT molecular complexity index is 502. The van der Waals surface area contributed by atoms with E-state index in [1.165, 1.54) is 18.4 Å². The van der Waals surface area contributed by atoms with Gasteiger partial charge in [0.25, 0.3) is 6.01 Å². The molecule has 0 amide bonds. The number of benzene rings is 1. The fourth-order valence-corrected chi connectivity index (χ4v) is 1.81. The molecule has 0 radical (unpaired) electrons. The number of anilines is 2. The van der Waals surface area contributed by atoms with Crippen LogP contribution in [0.4, 0.5) is 11.7 Å². The molecule has 0 fully saturated rings. The highest BCUT2D eigenvalue weighted by Gasteiger charge is 2.07. The van der Waals surface area contributed by atoms with Crippen LogP contribution in [0.5, 0.6) is 0 Å². The van der Waals surface area contributed by atoms with Gasteiger partial charge in [0, 0.05) is 11.7 Å². The fraction of sp³-hybridized carbons (Fsp3) is 0.400. The molecule has 0 saturated carbocycles. The minimum atomic E-state index is -0.115. The van der Waals surface area contributed by atoms with Crippen molar-refractivity contribution in [1.29, 1.82) is 0 Å². The maximum Gasteiger partial charge on any atom is 0.299 e. The van der Waals surface area contributed by atoms with E-state index in [1.54, 1.807) is 6.26 Å². The summed E-state index contributed by atoms with van der Waals surface area (Å²) in [6.45, 7) is 4.08. The van der Waals surface area contributed by atoms with E-state index in [4.69, 9.17) is 10.2 Å². The quantitative estimate of drug-likeness (QED) is 0.828. The van der Waals surface area contributed by atoms with Crippen LogP contribution in [0.15, 0.2) is 34.9 Å². The van der Waals surface area contributed by atoms with Crippen molar-refractivity contribution < 1.29 is 4.42 Å². The van der Waals surface area contributed by atoms with Gasteiger partial charge in [-0.1, -0.05) is 25.5 Å². The van der Waals surface area contributed by atoms with E-state index < -0.39 is 0 Å². The number of nitrogens with one attached hydrogen (secondary N) is 1. The predicted octanol–water partition coefficient (Wildman–Crippen LogP) is 3.78. The number of rotatable bonds is 6. The van der Waals surface area contributed by atoms with Crippen molar-refractivity contribution in [2.75, 3.05) is 5.32 Å². The van der Waals surface area contributed by atoms with E-state index in [9.17, 15) is 0 Å². The average molecular weight is 259 g/mol. The second-order valence-electron chi connectivity index (χ2n) is 4.79. The van der Waals surface area contributed by atoms with Crippen LogP contribution in [0.3, 0.4) is 0 Å². The largest absolute Gasteiger partial charge is 0.432 e. The summed E-state index contributed by atoms with van der Waals surface area (Å²) in [5.74, 6) is 0. The zero-order valence-corrected chi connectivity index (χ0v) is 11.5. The van der Waals surface area contributed by atoms with Crippen LogP contribution in [-0.2, 0) is 6.42 Å². The molecule has 3 N–H and O–H groups in total. The van der Waals surface area contributed by atoms with Gasteiger partial charge in [0.05, 0.1) is 5.69 Å². The molecule has 0 bridgehead atoms. The molecule has 19 heavy (non-hydrogen) atoms. The number of nitrogens with zero attached hydrogens (tertiary/aromatic N) is 1. The Morgan fingerprint density at radius 3 is 2.63 bits per heavy atom. The summed E-state index contributed by atoms with van der Waals surface area (Å²) in [5.41, 5.74) is 8.82. The maximum atomic E-state index is 5.74. The zero-order chi connectivity index (χ0) is 13.7. The molecule has 1 atom stereocenters. The number of aryl methyl sites for hydroxylation is 1. The highest BCUT2D eigenvalue weighted by Crippen LogP contribution is 2.19. The van der Waals surface area contributed by atoms with Crippen molar-refractivity contribution in [3.05, 3.63) is 41.8 Å². The Kier molecular flexibility index (Phi) is 4.58. The minimum Gasteiger partial charge on any atom is -0.432 e. The minimum absolute atomic E-state index is 0.115. The zero-order valence-electron chi connectivity index (χ0n) is 11.5. The van der Waals surface area contributed by atoms with E-state index in [0.717, 1.165) is 17.8 Å². The second kappa shape index (κ2) is 6.38. The molecule has 0 aliphatic heterocycles.